The zero-order chi connectivity index (χ0) is 24.6. The van der Waals surface area contributed by atoms with Gasteiger partial charge in [-0.15, -0.1) is 0 Å². The highest BCUT2D eigenvalue weighted by atomic mass is 16.6. The minimum absolute atomic E-state index is 0.00301. The van der Waals surface area contributed by atoms with E-state index in [1.165, 1.54) is 12.1 Å². The molecule has 1 saturated heterocycles. The van der Waals surface area contributed by atoms with E-state index in [9.17, 15) is 19.7 Å². The number of anilines is 1. The fourth-order valence-corrected chi connectivity index (χ4v) is 3.88. The standard InChI is InChI=1S/C27H25N3O5/c31-26(28-18-22-12-7-15-35-22)23-13-4-5-14-25(23)29-27(32)24(20-9-2-1-3-10-20)17-19-8-6-11-21(16-19)30(33)34/h1-6,8-11,13-14,16-17,22H,7,12,15,18H2,(H,28,31)(H,29,32)/b24-17+/t22-/m1/s1. The molecular weight excluding hydrogens is 446 g/mol. The number of nitro groups is 1. The summed E-state index contributed by atoms with van der Waals surface area (Å²) < 4.78 is 5.56. The molecule has 1 aliphatic heterocycles. The van der Waals surface area contributed by atoms with Crippen LogP contribution in [0.2, 0.25) is 0 Å². The van der Waals surface area contributed by atoms with Crippen LogP contribution in [0.1, 0.15) is 34.3 Å². The van der Waals surface area contributed by atoms with Crippen LogP contribution in [0.25, 0.3) is 11.6 Å². The van der Waals surface area contributed by atoms with Crippen molar-refractivity contribution in [3.05, 3.63) is 106 Å². The van der Waals surface area contributed by atoms with Crippen molar-refractivity contribution in [3.63, 3.8) is 0 Å². The Hall–Kier alpha value is -4.30. The SMILES string of the molecule is O=C(Nc1ccccc1C(=O)NC[C@H]1CCCO1)/C(=C/c1cccc([N+](=O)[O-])c1)c1ccccc1. The maximum absolute atomic E-state index is 13.4. The molecule has 1 heterocycles. The minimum atomic E-state index is -0.481. The number of hydrogen-bond donors (Lipinski definition) is 2. The summed E-state index contributed by atoms with van der Waals surface area (Å²) in [5.41, 5.74) is 2.08. The van der Waals surface area contributed by atoms with Crippen molar-refractivity contribution >= 4 is 34.8 Å². The third-order valence-electron chi connectivity index (χ3n) is 5.66. The first-order chi connectivity index (χ1) is 17.0. The van der Waals surface area contributed by atoms with Crippen molar-refractivity contribution in [2.45, 2.75) is 18.9 Å². The number of nitrogens with zero attached hydrogens (tertiary/aromatic N) is 1. The number of ether oxygens (including phenoxy) is 1. The third-order valence-corrected chi connectivity index (χ3v) is 5.66. The van der Waals surface area contributed by atoms with Crippen molar-refractivity contribution in [1.82, 2.24) is 5.32 Å². The molecule has 0 saturated carbocycles. The lowest BCUT2D eigenvalue weighted by molar-refractivity contribution is -0.384. The van der Waals surface area contributed by atoms with Gasteiger partial charge in [0.05, 0.1) is 22.3 Å². The van der Waals surface area contributed by atoms with E-state index in [1.54, 1.807) is 66.7 Å². The summed E-state index contributed by atoms with van der Waals surface area (Å²) in [7, 11) is 0. The number of hydrogen-bond acceptors (Lipinski definition) is 5. The van der Waals surface area contributed by atoms with E-state index in [-0.39, 0.29) is 17.7 Å². The quantitative estimate of drug-likeness (QED) is 0.214. The lowest BCUT2D eigenvalue weighted by atomic mass is 10.0. The Balaban J connectivity index is 1.60. The molecule has 1 atom stereocenters. The van der Waals surface area contributed by atoms with Crippen LogP contribution in [0.4, 0.5) is 11.4 Å². The fraction of sp³-hybridized carbons (Fsp3) is 0.185. The molecule has 35 heavy (non-hydrogen) atoms. The molecule has 2 amide bonds. The third kappa shape index (κ3) is 6.18. The summed E-state index contributed by atoms with van der Waals surface area (Å²) in [6.07, 6.45) is 3.48. The van der Waals surface area contributed by atoms with Crippen molar-refractivity contribution < 1.29 is 19.2 Å². The minimum Gasteiger partial charge on any atom is -0.376 e. The summed E-state index contributed by atoms with van der Waals surface area (Å²) in [6.45, 7) is 1.11. The molecule has 0 aromatic heterocycles. The molecule has 3 aromatic rings. The lowest BCUT2D eigenvalue weighted by Crippen LogP contribution is -2.32. The first kappa shape index (κ1) is 23.8. The van der Waals surface area contributed by atoms with E-state index in [2.05, 4.69) is 10.6 Å². The van der Waals surface area contributed by atoms with Crippen molar-refractivity contribution in [3.8, 4) is 0 Å². The molecule has 0 unspecified atom stereocenters. The Labute approximate surface area is 202 Å². The summed E-state index contributed by atoms with van der Waals surface area (Å²) in [6, 6.07) is 21.8. The maximum atomic E-state index is 13.4. The maximum Gasteiger partial charge on any atom is 0.270 e. The number of amides is 2. The number of nitro benzene ring substituents is 1. The second-order valence-corrected chi connectivity index (χ2v) is 8.12. The van der Waals surface area contributed by atoms with Gasteiger partial charge in [-0.25, -0.2) is 0 Å². The van der Waals surface area contributed by atoms with Gasteiger partial charge in [0.1, 0.15) is 0 Å². The van der Waals surface area contributed by atoms with E-state index in [0.29, 0.717) is 41.1 Å². The molecule has 178 valence electrons. The topological polar surface area (TPSA) is 111 Å². The average molecular weight is 472 g/mol. The molecule has 2 N–H and O–H groups in total. The Bertz CT molecular complexity index is 1250. The van der Waals surface area contributed by atoms with E-state index >= 15 is 0 Å². The van der Waals surface area contributed by atoms with Gasteiger partial charge in [0.25, 0.3) is 17.5 Å². The summed E-state index contributed by atoms with van der Waals surface area (Å²) in [4.78, 5) is 37.0. The predicted octanol–water partition coefficient (Wildman–Crippen LogP) is 4.68. The summed E-state index contributed by atoms with van der Waals surface area (Å²) in [5, 5.41) is 16.9. The normalized spacial score (nSPS) is 15.4. The van der Waals surface area contributed by atoms with Crippen molar-refractivity contribution in [2.24, 2.45) is 0 Å². The van der Waals surface area contributed by atoms with E-state index in [4.69, 9.17) is 4.74 Å². The molecule has 8 nitrogen and oxygen atoms in total. The average Bonchev–Trinajstić information content (AvgIpc) is 3.40. The van der Waals surface area contributed by atoms with Gasteiger partial charge in [0.15, 0.2) is 0 Å². The Morgan fingerprint density at radius 2 is 1.80 bits per heavy atom. The van der Waals surface area contributed by atoms with Gasteiger partial charge in [-0.3, -0.25) is 19.7 Å². The molecule has 1 aliphatic rings. The Morgan fingerprint density at radius 3 is 2.54 bits per heavy atom. The van der Waals surface area contributed by atoms with Crippen LogP contribution in [0, 0.1) is 10.1 Å². The van der Waals surface area contributed by atoms with Crippen molar-refractivity contribution in [2.75, 3.05) is 18.5 Å². The Morgan fingerprint density at radius 1 is 1.03 bits per heavy atom. The van der Waals surface area contributed by atoms with Gasteiger partial charge < -0.3 is 15.4 Å². The number of non-ortho nitro benzene ring substituents is 1. The molecule has 8 heteroatoms. The highest BCUT2D eigenvalue weighted by Crippen LogP contribution is 2.24. The first-order valence-electron chi connectivity index (χ1n) is 11.3. The van der Waals surface area contributed by atoms with Gasteiger partial charge in [0, 0.05) is 30.9 Å². The fourth-order valence-electron chi connectivity index (χ4n) is 3.88. The van der Waals surface area contributed by atoms with Gasteiger partial charge in [0.2, 0.25) is 0 Å². The van der Waals surface area contributed by atoms with Crippen LogP contribution in [-0.2, 0) is 9.53 Å². The summed E-state index contributed by atoms with van der Waals surface area (Å²) in [5.74, 6) is -0.748. The van der Waals surface area contributed by atoms with E-state index < -0.39 is 10.8 Å². The van der Waals surface area contributed by atoms with E-state index in [0.717, 1.165) is 12.8 Å². The monoisotopic (exact) mass is 471 g/mol. The zero-order valence-corrected chi connectivity index (χ0v) is 19.0. The second kappa shape index (κ2) is 11.2. The molecular formula is C27H25N3O5. The van der Waals surface area contributed by atoms with Gasteiger partial charge in [-0.05, 0) is 42.2 Å². The number of rotatable bonds is 8. The number of carbonyl (C=O) groups excluding carboxylic acids is 2. The zero-order valence-electron chi connectivity index (χ0n) is 19.0. The van der Waals surface area contributed by atoms with Crippen LogP contribution in [0.3, 0.4) is 0 Å². The van der Waals surface area contributed by atoms with Gasteiger partial charge in [-0.2, -0.15) is 0 Å². The van der Waals surface area contributed by atoms with Crippen LogP contribution in [0.15, 0.2) is 78.9 Å². The number of carbonyl (C=O) groups is 2. The van der Waals surface area contributed by atoms with Crippen LogP contribution < -0.4 is 10.6 Å². The summed E-state index contributed by atoms with van der Waals surface area (Å²) >= 11 is 0. The number of benzene rings is 3. The molecule has 3 aromatic carbocycles. The number of nitrogens with one attached hydrogen (secondary N) is 2. The predicted molar refractivity (Wildman–Crippen MR) is 134 cm³/mol. The molecule has 4 rings (SSSR count). The molecule has 0 aliphatic carbocycles. The van der Waals surface area contributed by atoms with Crippen molar-refractivity contribution in [1.29, 1.82) is 0 Å². The molecule has 0 spiro atoms. The van der Waals surface area contributed by atoms with Crippen LogP contribution in [0.5, 0.6) is 0 Å². The number of para-hydroxylation sites is 1. The van der Waals surface area contributed by atoms with E-state index in [1.807, 2.05) is 6.07 Å². The second-order valence-electron chi connectivity index (χ2n) is 8.12. The molecule has 1 fully saturated rings. The largest absolute Gasteiger partial charge is 0.376 e. The van der Waals surface area contributed by atoms with Gasteiger partial charge in [-0.1, -0.05) is 54.6 Å². The molecule has 0 bridgehead atoms. The molecule has 0 radical (unpaired) electrons. The first-order valence-corrected chi connectivity index (χ1v) is 11.3. The van der Waals surface area contributed by atoms with Crippen LogP contribution >= 0.6 is 0 Å². The highest BCUT2D eigenvalue weighted by molar-refractivity contribution is 6.29. The highest BCUT2D eigenvalue weighted by Gasteiger charge is 2.20. The van der Waals surface area contributed by atoms with Crippen LogP contribution in [-0.4, -0.2) is 36.0 Å². The Kier molecular flexibility index (Phi) is 7.64. The van der Waals surface area contributed by atoms with Gasteiger partial charge >= 0.3 is 0 Å². The smallest absolute Gasteiger partial charge is 0.270 e. The lowest BCUT2D eigenvalue weighted by Gasteiger charge is -2.15.